The lowest BCUT2D eigenvalue weighted by Crippen LogP contribution is -2.32. The SMILES string of the molecule is CC(C)(C)OC(=O)NCc1ccc(-c2cc3ccccn3n2)cc1. The normalized spacial score (nSPS) is 11.5. The molecular weight excluding hydrogens is 302 g/mol. The highest BCUT2D eigenvalue weighted by atomic mass is 16.6. The molecule has 0 saturated heterocycles. The smallest absolute Gasteiger partial charge is 0.407 e. The molecule has 3 aromatic rings. The second-order valence-corrected chi connectivity index (χ2v) is 6.65. The van der Waals surface area contributed by atoms with Crippen LogP contribution in [0, 0.1) is 0 Å². The van der Waals surface area contributed by atoms with Gasteiger partial charge in [0, 0.05) is 18.3 Å². The van der Waals surface area contributed by atoms with Gasteiger partial charge in [-0.05, 0) is 44.5 Å². The van der Waals surface area contributed by atoms with Crippen molar-refractivity contribution in [1.82, 2.24) is 14.9 Å². The molecule has 5 heteroatoms. The molecule has 1 aromatic carbocycles. The van der Waals surface area contributed by atoms with Gasteiger partial charge in [-0.25, -0.2) is 9.31 Å². The summed E-state index contributed by atoms with van der Waals surface area (Å²) in [5.41, 5.74) is 3.54. The van der Waals surface area contributed by atoms with Gasteiger partial charge >= 0.3 is 6.09 Å². The number of nitrogens with zero attached hydrogens (tertiary/aromatic N) is 2. The third kappa shape index (κ3) is 3.93. The fourth-order valence-corrected chi connectivity index (χ4v) is 2.36. The molecule has 2 heterocycles. The van der Waals surface area contributed by atoms with Gasteiger partial charge < -0.3 is 10.1 Å². The molecule has 3 rings (SSSR count). The average Bonchev–Trinajstić information content (AvgIpc) is 2.96. The molecule has 2 aromatic heterocycles. The van der Waals surface area contributed by atoms with Gasteiger partial charge in [-0.15, -0.1) is 0 Å². The Labute approximate surface area is 141 Å². The minimum atomic E-state index is -0.489. The van der Waals surface area contributed by atoms with E-state index in [0.717, 1.165) is 22.3 Å². The van der Waals surface area contributed by atoms with Crippen LogP contribution in [0.3, 0.4) is 0 Å². The number of nitrogens with one attached hydrogen (secondary N) is 1. The first-order valence-corrected chi connectivity index (χ1v) is 7.91. The molecule has 124 valence electrons. The van der Waals surface area contributed by atoms with Gasteiger partial charge in [-0.2, -0.15) is 5.10 Å². The molecule has 0 bridgehead atoms. The third-order valence-corrected chi connectivity index (χ3v) is 3.46. The molecule has 1 N–H and O–H groups in total. The second kappa shape index (κ2) is 6.35. The summed E-state index contributed by atoms with van der Waals surface area (Å²) in [5.74, 6) is 0. The molecule has 0 saturated carbocycles. The summed E-state index contributed by atoms with van der Waals surface area (Å²) in [5, 5.41) is 7.31. The van der Waals surface area contributed by atoms with Crippen LogP contribution in [0.15, 0.2) is 54.7 Å². The molecule has 0 radical (unpaired) electrons. The van der Waals surface area contributed by atoms with E-state index in [4.69, 9.17) is 4.74 Å². The van der Waals surface area contributed by atoms with Gasteiger partial charge in [0.15, 0.2) is 0 Å². The third-order valence-electron chi connectivity index (χ3n) is 3.46. The number of benzene rings is 1. The summed E-state index contributed by atoms with van der Waals surface area (Å²) in [6.07, 6.45) is 1.52. The molecule has 0 aliphatic carbocycles. The molecular formula is C19H21N3O2. The molecule has 0 spiro atoms. The van der Waals surface area contributed by atoms with Crippen molar-refractivity contribution in [1.29, 1.82) is 0 Å². The van der Waals surface area contributed by atoms with E-state index in [1.54, 1.807) is 0 Å². The van der Waals surface area contributed by atoms with Crippen LogP contribution < -0.4 is 5.32 Å². The second-order valence-electron chi connectivity index (χ2n) is 6.65. The van der Waals surface area contributed by atoms with E-state index < -0.39 is 11.7 Å². The van der Waals surface area contributed by atoms with Crippen molar-refractivity contribution in [2.45, 2.75) is 32.9 Å². The predicted molar refractivity (Wildman–Crippen MR) is 93.7 cm³/mol. The number of carbonyl (C=O) groups is 1. The number of carbonyl (C=O) groups excluding carboxylic acids is 1. The van der Waals surface area contributed by atoms with Crippen molar-refractivity contribution in [2.75, 3.05) is 0 Å². The molecule has 1 amide bonds. The molecule has 0 atom stereocenters. The number of ether oxygens (including phenoxy) is 1. The Bertz CT molecular complexity index is 812. The molecule has 0 fully saturated rings. The fraction of sp³-hybridized carbons (Fsp3) is 0.263. The van der Waals surface area contributed by atoms with Crippen LogP contribution in [-0.2, 0) is 11.3 Å². The number of fused-ring (bicyclic) bond motifs is 1. The van der Waals surface area contributed by atoms with Crippen LogP contribution in [0.25, 0.3) is 16.8 Å². The van der Waals surface area contributed by atoms with Gasteiger partial charge in [0.1, 0.15) is 5.60 Å². The highest BCUT2D eigenvalue weighted by Crippen LogP contribution is 2.20. The van der Waals surface area contributed by atoms with Crippen molar-refractivity contribution in [3.05, 3.63) is 60.3 Å². The Balaban J connectivity index is 1.66. The maximum absolute atomic E-state index is 11.7. The first-order chi connectivity index (χ1) is 11.4. The average molecular weight is 323 g/mol. The van der Waals surface area contributed by atoms with E-state index in [1.165, 1.54) is 0 Å². The van der Waals surface area contributed by atoms with Gasteiger partial charge in [0.05, 0.1) is 11.2 Å². The largest absolute Gasteiger partial charge is 0.444 e. The van der Waals surface area contributed by atoms with E-state index in [1.807, 2.05) is 80.0 Å². The molecule has 0 unspecified atom stereocenters. The number of hydrogen-bond acceptors (Lipinski definition) is 3. The van der Waals surface area contributed by atoms with Crippen LogP contribution in [0.1, 0.15) is 26.3 Å². The number of alkyl carbamates (subject to hydrolysis) is 1. The first-order valence-electron chi connectivity index (χ1n) is 7.91. The first kappa shape index (κ1) is 16.1. The zero-order valence-corrected chi connectivity index (χ0v) is 14.1. The molecule has 0 aliphatic heterocycles. The Hall–Kier alpha value is -2.82. The van der Waals surface area contributed by atoms with Crippen LogP contribution in [0.4, 0.5) is 4.79 Å². The number of aromatic nitrogens is 2. The van der Waals surface area contributed by atoms with E-state index >= 15 is 0 Å². The predicted octanol–water partition coefficient (Wildman–Crippen LogP) is 4.03. The van der Waals surface area contributed by atoms with Crippen LogP contribution in [0.2, 0.25) is 0 Å². The lowest BCUT2D eigenvalue weighted by Gasteiger charge is -2.19. The summed E-state index contributed by atoms with van der Waals surface area (Å²) < 4.78 is 7.08. The standard InChI is InChI=1S/C19H21N3O2/c1-19(2,3)24-18(23)20-13-14-7-9-15(10-8-14)17-12-16-6-4-5-11-22(16)21-17/h4-12H,13H2,1-3H3,(H,20,23). The fourth-order valence-electron chi connectivity index (χ4n) is 2.36. The van der Waals surface area contributed by atoms with E-state index in [9.17, 15) is 4.79 Å². The lowest BCUT2D eigenvalue weighted by molar-refractivity contribution is 0.0523. The molecule has 5 nitrogen and oxygen atoms in total. The zero-order valence-electron chi connectivity index (χ0n) is 14.1. The Kier molecular flexibility index (Phi) is 4.25. The van der Waals surface area contributed by atoms with Crippen molar-refractivity contribution >= 4 is 11.6 Å². The quantitative estimate of drug-likeness (QED) is 0.792. The van der Waals surface area contributed by atoms with Crippen molar-refractivity contribution < 1.29 is 9.53 Å². The van der Waals surface area contributed by atoms with Gasteiger partial charge in [0.2, 0.25) is 0 Å². The number of pyridine rings is 1. The van der Waals surface area contributed by atoms with Crippen molar-refractivity contribution in [2.24, 2.45) is 0 Å². The van der Waals surface area contributed by atoms with Gasteiger partial charge in [-0.3, -0.25) is 0 Å². The Morgan fingerprint density at radius 1 is 1.17 bits per heavy atom. The summed E-state index contributed by atoms with van der Waals surface area (Å²) in [6.45, 7) is 5.96. The highest BCUT2D eigenvalue weighted by molar-refractivity contribution is 5.68. The highest BCUT2D eigenvalue weighted by Gasteiger charge is 2.15. The number of hydrogen-bond donors (Lipinski definition) is 1. The van der Waals surface area contributed by atoms with Crippen molar-refractivity contribution in [3.63, 3.8) is 0 Å². The summed E-state index contributed by atoms with van der Waals surface area (Å²) in [7, 11) is 0. The molecule has 0 aliphatic rings. The topological polar surface area (TPSA) is 55.6 Å². The maximum Gasteiger partial charge on any atom is 0.407 e. The van der Waals surface area contributed by atoms with E-state index in [2.05, 4.69) is 10.4 Å². The number of rotatable bonds is 3. The monoisotopic (exact) mass is 323 g/mol. The van der Waals surface area contributed by atoms with Crippen LogP contribution in [0.5, 0.6) is 0 Å². The molecule has 24 heavy (non-hydrogen) atoms. The Morgan fingerprint density at radius 2 is 1.92 bits per heavy atom. The minimum absolute atomic E-state index is 0.410. The van der Waals surface area contributed by atoms with Gasteiger partial charge in [-0.1, -0.05) is 30.3 Å². The maximum atomic E-state index is 11.7. The van der Waals surface area contributed by atoms with Crippen LogP contribution >= 0.6 is 0 Å². The summed E-state index contributed by atoms with van der Waals surface area (Å²) in [4.78, 5) is 11.7. The summed E-state index contributed by atoms with van der Waals surface area (Å²) in [6, 6.07) is 16.0. The van der Waals surface area contributed by atoms with E-state index in [0.29, 0.717) is 6.54 Å². The lowest BCUT2D eigenvalue weighted by atomic mass is 10.1. The van der Waals surface area contributed by atoms with Crippen molar-refractivity contribution in [3.8, 4) is 11.3 Å². The minimum Gasteiger partial charge on any atom is -0.444 e. The summed E-state index contributed by atoms with van der Waals surface area (Å²) >= 11 is 0. The zero-order chi connectivity index (χ0) is 17.2. The van der Waals surface area contributed by atoms with E-state index in [-0.39, 0.29) is 0 Å². The number of amides is 1. The Morgan fingerprint density at radius 3 is 2.58 bits per heavy atom. The van der Waals surface area contributed by atoms with Gasteiger partial charge in [0.25, 0.3) is 0 Å². The van der Waals surface area contributed by atoms with Crippen LogP contribution in [-0.4, -0.2) is 21.3 Å².